The second kappa shape index (κ2) is 4.69. The number of nitrogen functional groups attached to an aromatic ring is 1. The molecule has 2 nitrogen and oxygen atoms in total. The van der Waals surface area contributed by atoms with E-state index in [2.05, 4.69) is 23.1 Å². The minimum Gasteiger partial charge on any atom is -0.398 e. The third kappa shape index (κ3) is 2.06. The normalized spacial score (nSPS) is 25.5. The van der Waals surface area contributed by atoms with Gasteiger partial charge in [0.1, 0.15) is 0 Å². The van der Waals surface area contributed by atoms with Crippen LogP contribution in [0.1, 0.15) is 49.3 Å². The Labute approximate surface area is 104 Å². The summed E-state index contributed by atoms with van der Waals surface area (Å²) >= 11 is 0. The zero-order valence-corrected chi connectivity index (χ0v) is 10.5. The van der Waals surface area contributed by atoms with E-state index < -0.39 is 0 Å². The third-order valence-electron chi connectivity index (χ3n) is 4.34. The van der Waals surface area contributed by atoms with Gasteiger partial charge < -0.3 is 5.73 Å². The van der Waals surface area contributed by atoms with Gasteiger partial charge in [0.2, 0.25) is 0 Å². The number of piperidine rings is 1. The van der Waals surface area contributed by atoms with Gasteiger partial charge in [-0.3, -0.25) is 4.90 Å². The Kier molecular flexibility index (Phi) is 3.06. The van der Waals surface area contributed by atoms with Gasteiger partial charge in [0.05, 0.1) is 0 Å². The summed E-state index contributed by atoms with van der Waals surface area (Å²) in [4.78, 5) is 2.68. The molecule has 1 aromatic carbocycles. The number of rotatable bonds is 1. The fourth-order valence-corrected chi connectivity index (χ4v) is 3.46. The Morgan fingerprint density at radius 3 is 2.71 bits per heavy atom. The van der Waals surface area contributed by atoms with Gasteiger partial charge in [-0.15, -0.1) is 0 Å². The van der Waals surface area contributed by atoms with E-state index in [0.717, 1.165) is 5.69 Å². The number of hydrogen-bond donors (Lipinski definition) is 1. The van der Waals surface area contributed by atoms with Gasteiger partial charge in [-0.25, -0.2) is 0 Å². The van der Waals surface area contributed by atoms with E-state index >= 15 is 0 Å². The maximum Gasteiger partial charge on any atom is 0.0351 e. The summed E-state index contributed by atoms with van der Waals surface area (Å²) in [5.41, 5.74) is 10.1. The van der Waals surface area contributed by atoms with E-state index in [4.69, 9.17) is 5.73 Å². The van der Waals surface area contributed by atoms with Crippen molar-refractivity contribution in [3.63, 3.8) is 0 Å². The Bertz CT molecular complexity index is 394. The second-order valence-corrected chi connectivity index (χ2v) is 5.42. The Balaban J connectivity index is 1.90. The molecule has 1 saturated heterocycles. The van der Waals surface area contributed by atoms with Crippen LogP contribution in [0.15, 0.2) is 18.2 Å². The molecule has 92 valence electrons. The molecule has 0 amide bonds. The maximum atomic E-state index is 6.11. The van der Waals surface area contributed by atoms with Gasteiger partial charge in [-0.1, -0.05) is 18.6 Å². The summed E-state index contributed by atoms with van der Waals surface area (Å²) in [5, 5.41) is 0. The molecule has 1 aliphatic heterocycles. The van der Waals surface area contributed by atoms with Gasteiger partial charge in [-0.2, -0.15) is 0 Å². The van der Waals surface area contributed by atoms with Crippen molar-refractivity contribution in [2.24, 2.45) is 0 Å². The summed E-state index contributed by atoms with van der Waals surface area (Å²) in [6, 6.07) is 7.11. The number of hydrogen-bond acceptors (Lipinski definition) is 2. The standard InChI is InChI=1S/C15H22N2/c16-14-8-4-7-13-12(14)6-5-9-15(13)17-10-2-1-3-11-17/h4,7-8,15H,1-3,5-6,9-11,16H2. The molecule has 1 unspecified atom stereocenters. The number of nitrogens with zero attached hydrogens (tertiary/aromatic N) is 1. The first-order chi connectivity index (χ1) is 8.36. The summed E-state index contributed by atoms with van der Waals surface area (Å²) in [6.45, 7) is 2.55. The van der Waals surface area contributed by atoms with Gasteiger partial charge >= 0.3 is 0 Å². The van der Waals surface area contributed by atoms with Crippen LogP contribution in [0.5, 0.6) is 0 Å². The summed E-state index contributed by atoms with van der Waals surface area (Å²) in [7, 11) is 0. The molecule has 1 aliphatic carbocycles. The highest BCUT2D eigenvalue weighted by molar-refractivity contribution is 5.52. The lowest BCUT2D eigenvalue weighted by Gasteiger charge is -2.38. The molecule has 17 heavy (non-hydrogen) atoms. The smallest absolute Gasteiger partial charge is 0.0351 e. The van der Waals surface area contributed by atoms with Crippen molar-refractivity contribution in [3.05, 3.63) is 29.3 Å². The van der Waals surface area contributed by atoms with Crippen molar-refractivity contribution < 1.29 is 0 Å². The summed E-state index contributed by atoms with van der Waals surface area (Å²) in [6.07, 6.45) is 7.93. The molecule has 2 N–H and O–H groups in total. The molecule has 0 radical (unpaired) electrons. The predicted octanol–water partition coefficient (Wildman–Crippen LogP) is 3.13. The molecule has 1 aromatic rings. The average Bonchev–Trinajstić information content (AvgIpc) is 2.40. The second-order valence-electron chi connectivity index (χ2n) is 5.42. The highest BCUT2D eigenvalue weighted by Crippen LogP contribution is 2.37. The lowest BCUT2D eigenvalue weighted by molar-refractivity contribution is 0.148. The van der Waals surface area contributed by atoms with E-state index in [1.807, 2.05) is 0 Å². The first kappa shape index (κ1) is 11.1. The van der Waals surface area contributed by atoms with Gasteiger partial charge in [0, 0.05) is 11.7 Å². The molecule has 1 fully saturated rings. The number of fused-ring (bicyclic) bond motifs is 1. The minimum atomic E-state index is 0.641. The van der Waals surface area contributed by atoms with Crippen molar-refractivity contribution >= 4 is 5.69 Å². The molecule has 2 aliphatic rings. The highest BCUT2D eigenvalue weighted by Gasteiger charge is 2.27. The molecule has 1 heterocycles. The average molecular weight is 230 g/mol. The van der Waals surface area contributed by atoms with Gasteiger partial charge in [0.25, 0.3) is 0 Å². The number of benzene rings is 1. The van der Waals surface area contributed by atoms with Crippen LogP contribution in [0.3, 0.4) is 0 Å². The number of anilines is 1. The van der Waals surface area contributed by atoms with E-state index in [1.54, 1.807) is 0 Å². The van der Waals surface area contributed by atoms with Crippen LogP contribution in [-0.2, 0) is 6.42 Å². The lowest BCUT2D eigenvalue weighted by atomic mass is 9.85. The van der Waals surface area contributed by atoms with Crippen molar-refractivity contribution in [2.45, 2.75) is 44.6 Å². The quantitative estimate of drug-likeness (QED) is 0.751. The van der Waals surface area contributed by atoms with Crippen molar-refractivity contribution in [3.8, 4) is 0 Å². The fraction of sp³-hybridized carbons (Fsp3) is 0.600. The first-order valence-electron chi connectivity index (χ1n) is 6.97. The molecule has 0 aromatic heterocycles. The van der Waals surface area contributed by atoms with E-state index in [1.165, 1.54) is 62.7 Å². The molecule has 3 rings (SSSR count). The third-order valence-corrected chi connectivity index (χ3v) is 4.34. The molecule has 0 spiro atoms. The minimum absolute atomic E-state index is 0.641. The van der Waals surface area contributed by atoms with Crippen LogP contribution in [0.4, 0.5) is 5.69 Å². The van der Waals surface area contributed by atoms with Gasteiger partial charge in [-0.05, 0) is 62.4 Å². The number of likely N-dealkylation sites (tertiary alicyclic amines) is 1. The van der Waals surface area contributed by atoms with Crippen LogP contribution in [-0.4, -0.2) is 18.0 Å². The first-order valence-corrected chi connectivity index (χ1v) is 6.97. The molecule has 0 saturated carbocycles. The maximum absolute atomic E-state index is 6.11. The zero-order valence-electron chi connectivity index (χ0n) is 10.5. The Morgan fingerprint density at radius 1 is 1.06 bits per heavy atom. The Hall–Kier alpha value is -1.02. The lowest BCUT2D eigenvalue weighted by Crippen LogP contribution is -2.35. The van der Waals surface area contributed by atoms with E-state index in [-0.39, 0.29) is 0 Å². The molecular formula is C15H22N2. The van der Waals surface area contributed by atoms with Crippen molar-refractivity contribution in [2.75, 3.05) is 18.8 Å². The molecule has 1 atom stereocenters. The van der Waals surface area contributed by atoms with E-state index in [0.29, 0.717) is 6.04 Å². The van der Waals surface area contributed by atoms with Gasteiger partial charge in [0.15, 0.2) is 0 Å². The summed E-state index contributed by atoms with van der Waals surface area (Å²) < 4.78 is 0. The van der Waals surface area contributed by atoms with Crippen LogP contribution in [0.2, 0.25) is 0 Å². The van der Waals surface area contributed by atoms with Crippen LogP contribution < -0.4 is 5.73 Å². The van der Waals surface area contributed by atoms with Crippen LogP contribution in [0.25, 0.3) is 0 Å². The predicted molar refractivity (Wildman–Crippen MR) is 72.0 cm³/mol. The molecule has 0 bridgehead atoms. The van der Waals surface area contributed by atoms with Crippen LogP contribution >= 0.6 is 0 Å². The van der Waals surface area contributed by atoms with E-state index in [9.17, 15) is 0 Å². The SMILES string of the molecule is Nc1cccc2c1CCCC2N1CCCCC1. The highest BCUT2D eigenvalue weighted by atomic mass is 15.2. The topological polar surface area (TPSA) is 29.3 Å². The van der Waals surface area contributed by atoms with Crippen LogP contribution in [0, 0.1) is 0 Å². The monoisotopic (exact) mass is 230 g/mol. The van der Waals surface area contributed by atoms with Crippen molar-refractivity contribution in [1.29, 1.82) is 0 Å². The summed E-state index contributed by atoms with van der Waals surface area (Å²) in [5.74, 6) is 0. The molecule has 2 heteroatoms. The largest absolute Gasteiger partial charge is 0.398 e. The molecular weight excluding hydrogens is 208 g/mol. The number of nitrogens with two attached hydrogens (primary N) is 1. The zero-order chi connectivity index (χ0) is 11.7. The Morgan fingerprint density at radius 2 is 1.88 bits per heavy atom. The van der Waals surface area contributed by atoms with Crippen molar-refractivity contribution in [1.82, 2.24) is 4.90 Å². The fourth-order valence-electron chi connectivity index (χ4n) is 3.46.